The predicted molar refractivity (Wildman–Crippen MR) is 91.4 cm³/mol. The minimum absolute atomic E-state index is 0.0710. The molecule has 1 saturated heterocycles. The Kier molecular flexibility index (Phi) is 4.97. The number of rotatable bonds is 4. The van der Waals surface area contributed by atoms with Gasteiger partial charge in [-0.05, 0) is 39.2 Å². The summed E-state index contributed by atoms with van der Waals surface area (Å²) >= 11 is 0. The molecule has 1 saturated carbocycles. The van der Waals surface area contributed by atoms with Crippen LogP contribution in [-0.4, -0.2) is 24.5 Å². The Balaban J connectivity index is 1.66. The van der Waals surface area contributed by atoms with Crippen LogP contribution in [0.25, 0.3) is 0 Å². The van der Waals surface area contributed by atoms with Gasteiger partial charge in [-0.3, -0.25) is 4.79 Å². The molecule has 1 aromatic carbocycles. The van der Waals surface area contributed by atoms with Crippen LogP contribution in [0.4, 0.5) is 0 Å². The summed E-state index contributed by atoms with van der Waals surface area (Å²) in [4.78, 5) is 11.9. The van der Waals surface area contributed by atoms with Crippen LogP contribution in [0.15, 0.2) is 30.3 Å². The summed E-state index contributed by atoms with van der Waals surface area (Å²) in [6.07, 6.45) is 4.70. The van der Waals surface area contributed by atoms with Gasteiger partial charge in [-0.15, -0.1) is 0 Å². The third-order valence-electron chi connectivity index (χ3n) is 4.79. The summed E-state index contributed by atoms with van der Waals surface area (Å²) in [5, 5.41) is 0. The molecule has 1 aromatic rings. The van der Waals surface area contributed by atoms with E-state index in [4.69, 9.17) is 14.2 Å². The topological polar surface area (TPSA) is 44.8 Å². The summed E-state index contributed by atoms with van der Waals surface area (Å²) in [6.45, 7) is 5.96. The molecule has 0 radical (unpaired) electrons. The van der Waals surface area contributed by atoms with E-state index in [0.29, 0.717) is 13.0 Å². The van der Waals surface area contributed by atoms with E-state index < -0.39 is 11.2 Å². The summed E-state index contributed by atoms with van der Waals surface area (Å²) in [5.74, 6) is -0.604. The maximum Gasteiger partial charge on any atom is 0.311 e. The van der Waals surface area contributed by atoms with Crippen molar-refractivity contribution >= 4 is 5.97 Å². The van der Waals surface area contributed by atoms with Crippen molar-refractivity contribution in [2.24, 2.45) is 5.41 Å². The van der Waals surface area contributed by atoms with E-state index in [1.807, 2.05) is 39.0 Å². The van der Waals surface area contributed by atoms with Crippen LogP contribution >= 0.6 is 0 Å². The zero-order chi connectivity index (χ0) is 17.2. The molecule has 1 heterocycles. The molecule has 2 unspecified atom stereocenters. The second-order valence-corrected chi connectivity index (χ2v) is 7.90. The van der Waals surface area contributed by atoms with Crippen molar-refractivity contribution < 1.29 is 19.0 Å². The zero-order valence-electron chi connectivity index (χ0n) is 14.9. The third kappa shape index (κ3) is 3.81. The fourth-order valence-electron chi connectivity index (χ4n) is 3.44. The standard InChI is InChI=1S/C20H28O4/c1-19(2,3)18(21)22-14-11-16-17(15-9-5-4-6-10-15)24-20(23-16)12-7-8-13-20/h4-6,9-10,16-17H,7-8,11-14H2,1-3H3. The molecule has 132 valence electrons. The van der Waals surface area contributed by atoms with E-state index in [0.717, 1.165) is 31.2 Å². The fourth-order valence-corrected chi connectivity index (χ4v) is 3.44. The van der Waals surface area contributed by atoms with Crippen molar-refractivity contribution in [3.05, 3.63) is 35.9 Å². The molecule has 2 atom stereocenters. The lowest BCUT2D eigenvalue weighted by atomic mass is 9.97. The summed E-state index contributed by atoms with van der Waals surface area (Å²) < 4.78 is 18.1. The van der Waals surface area contributed by atoms with E-state index in [9.17, 15) is 4.79 Å². The smallest absolute Gasteiger partial charge is 0.311 e. The SMILES string of the molecule is CC(C)(C)C(=O)OCCC1OC2(CCCC2)OC1c1ccccc1. The van der Waals surface area contributed by atoms with E-state index >= 15 is 0 Å². The Labute approximate surface area is 144 Å². The normalized spacial score (nSPS) is 26.0. The van der Waals surface area contributed by atoms with Crippen LogP contribution in [0.5, 0.6) is 0 Å². The van der Waals surface area contributed by atoms with Crippen molar-refractivity contribution in [2.45, 2.75) is 70.9 Å². The summed E-state index contributed by atoms with van der Waals surface area (Å²) in [6, 6.07) is 10.2. The number of hydrogen-bond donors (Lipinski definition) is 0. The monoisotopic (exact) mass is 332 g/mol. The van der Waals surface area contributed by atoms with E-state index in [2.05, 4.69) is 12.1 Å². The highest BCUT2D eigenvalue weighted by Gasteiger charge is 2.49. The van der Waals surface area contributed by atoms with E-state index in [1.165, 1.54) is 0 Å². The maximum atomic E-state index is 11.9. The zero-order valence-corrected chi connectivity index (χ0v) is 14.9. The molecule has 0 amide bonds. The van der Waals surface area contributed by atoms with Gasteiger partial charge in [0.2, 0.25) is 0 Å². The minimum atomic E-state index is -0.474. The van der Waals surface area contributed by atoms with Crippen LogP contribution in [0, 0.1) is 5.41 Å². The predicted octanol–water partition coefficient (Wildman–Crippen LogP) is 4.39. The highest BCUT2D eigenvalue weighted by molar-refractivity contribution is 5.75. The Morgan fingerprint density at radius 1 is 1.17 bits per heavy atom. The molecule has 4 nitrogen and oxygen atoms in total. The number of carbonyl (C=O) groups excluding carboxylic acids is 1. The van der Waals surface area contributed by atoms with Gasteiger partial charge in [0.1, 0.15) is 6.10 Å². The van der Waals surface area contributed by atoms with Crippen molar-refractivity contribution in [1.82, 2.24) is 0 Å². The second kappa shape index (κ2) is 6.85. The first-order valence-corrected chi connectivity index (χ1v) is 8.97. The molecular weight excluding hydrogens is 304 g/mol. The molecule has 1 aliphatic carbocycles. The molecule has 0 bridgehead atoms. The molecule has 0 aromatic heterocycles. The first kappa shape index (κ1) is 17.4. The average molecular weight is 332 g/mol. The van der Waals surface area contributed by atoms with Crippen LogP contribution in [0.2, 0.25) is 0 Å². The van der Waals surface area contributed by atoms with Gasteiger partial charge in [-0.25, -0.2) is 0 Å². The van der Waals surface area contributed by atoms with Crippen molar-refractivity contribution in [2.75, 3.05) is 6.61 Å². The van der Waals surface area contributed by atoms with Gasteiger partial charge in [-0.1, -0.05) is 30.3 Å². The molecule has 2 fully saturated rings. The van der Waals surface area contributed by atoms with Crippen LogP contribution in [0.1, 0.15) is 64.5 Å². The van der Waals surface area contributed by atoms with Crippen molar-refractivity contribution in [3.8, 4) is 0 Å². The Morgan fingerprint density at radius 2 is 1.83 bits per heavy atom. The first-order valence-electron chi connectivity index (χ1n) is 8.97. The number of benzene rings is 1. The molecule has 3 rings (SSSR count). The highest BCUT2D eigenvalue weighted by Crippen LogP contribution is 2.47. The van der Waals surface area contributed by atoms with Crippen LogP contribution < -0.4 is 0 Å². The van der Waals surface area contributed by atoms with Crippen molar-refractivity contribution in [1.29, 1.82) is 0 Å². The minimum Gasteiger partial charge on any atom is -0.465 e. The van der Waals surface area contributed by atoms with E-state index in [1.54, 1.807) is 0 Å². The highest BCUT2D eigenvalue weighted by atomic mass is 16.8. The van der Waals surface area contributed by atoms with Gasteiger partial charge in [-0.2, -0.15) is 0 Å². The Hall–Kier alpha value is -1.39. The number of hydrogen-bond acceptors (Lipinski definition) is 4. The number of carbonyl (C=O) groups is 1. The van der Waals surface area contributed by atoms with Gasteiger partial charge in [0, 0.05) is 19.3 Å². The van der Waals surface area contributed by atoms with Gasteiger partial charge < -0.3 is 14.2 Å². The molecule has 1 spiro atoms. The molecule has 2 aliphatic rings. The van der Waals surface area contributed by atoms with Gasteiger partial charge in [0.15, 0.2) is 5.79 Å². The Bertz CT molecular complexity index is 555. The molecule has 1 aliphatic heterocycles. The molecule has 0 N–H and O–H groups in total. The lowest BCUT2D eigenvalue weighted by Crippen LogP contribution is -2.28. The van der Waals surface area contributed by atoms with Crippen LogP contribution in [-0.2, 0) is 19.0 Å². The number of esters is 1. The lowest BCUT2D eigenvalue weighted by Gasteiger charge is -2.22. The van der Waals surface area contributed by atoms with Crippen LogP contribution in [0.3, 0.4) is 0 Å². The first-order chi connectivity index (χ1) is 11.4. The molecule has 4 heteroatoms. The van der Waals surface area contributed by atoms with Gasteiger partial charge in [0.25, 0.3) is 0 Å². The van der Waals surface area contributed by atoms with Crippen molar-refractivity contribution in [3.63, 3.8) is 0 Å². The lowest BCUT2D eigenvalue weighted by molar-refractivity contribution is -0.171. The Morgan fingerprint density at radius 3 is 2.46 bits per heavy atom. The summed E-state index contributed by atoms with van der Waals surface area (Å²) in [7, 11) is 0. The molecule has 24 heavy (non-hydrogen) atoms. The van der Waals surface area contributed by atoms with E-state index in [-0.39, 0.29) is 18.2 Å². The summed E-state index contributed by atoms with van der Waals surface area (Å²) in [5.41, 5.74) is 0.659. The largest absolute Gasteiger partial charge is 0.465 e. The van der Waals surface area contributed by atoms with Gasteiger partial charge >= 0.3 is 5.97 Å². The average Bonchev–Trinajstić information content (AvgIpc) is 3.15. The van der Waals surface area contributed by atoms with Gasteiger partial charge in [0.05, 0.1) is 18.1 Å². The quantitative estimate of drug-likeness (QED) is 0.767. The third-order valence-corrected chi connectivity index (χ3v) is 4.79. The fraction of sp³-hybridized carbons (Fsp3) is 0.650. The second-order valence-electron chi connectivity index (χ2n) is 7.90. The molecular formula is C20H28O4. The maximum absolute atomic E-state index is 11.9. The number of ether oxygens (including phenoxy) is 3.